The van der Waals surface area contributed by atoms with Gasteiger partial charge < -0.3 is 14.1 Å². The predicted octanol–water partition coefficient (Wildman–Crippen LogP) is 5.04. The van der Waals surface area contributed by atoms with Crippen molar-refractivity contribution < 1.29 is 14.0 Å². The van der Waals surface area contributed by atoms with Crippen LogP contribution in [-0.4, -0.2) is 56.9 Å². The Labute approximate surface area is 171 Å². The van der Waals surface area contributed by atoms with Gasteiger partial charge in [-0.25, -0.2) is 0 Å². The molecule has 1 saturated heterocycles. The van der Waals surface area contributed by atoms with Gasteiger partial charge in [-0.2, -0.15) is 11.8 Å². The highest BCUT2D eigenvalue weighted by Crippen LogP contribution is 2.37. The predicted molar refractivity (Wildman–Crippen MR) is 116 cm³/mol. The number of nitrogens with zero attached hydrogens (tertiary/aromatic N) is 1. The summed E-state index contributed by atoms with van der Waals surface area (Å²) < 4.78 is 12.5. The van der Waals surface area contributed by atoms with Crippen molar-refractivity contribution in [2.24, 2.45) is 0 Å². The lowest BCUT2D eigenvalue weighted by Crippen LogP contribution is -2.51. The van der Waals surface area contributed by atoms with Crippen LogP contribution in [0.3, 0.4) is 0 Å². The Bertz CT molecular complexity index is 648. The molecule has 0 radical (unpaired) electrons. The van der Waals surface area contributed by atoms with E-state index in [1.807, 2.05) is 34.9 Å². The van der Waals surface area contributed by atoms with E-state index in [0.29, 0.717) is 17.9 Å². The highest BCUT2D eigenvalue weighted by atomic mass is 79.9. The van der Waals surface area contributed by atoms with E-state index in [9.17, 15) is 4.79 Å². The van der Waals surface area contributed by atoms with Gasteiger partial charge in [-0.05, 0) is 46.2 Å². The first-order valence-electron chi connectivity index (χ1n) is 8.93. The Morgan fingerprint density at radius 3 is 2.69 bits per heavy atom. The van der Waals surface area contributed by atoms with Gasteiger partial charge in [0.25, 0.3) is 5.91 Å². The maximum absolute atomic E-state index is 13.2. The number of benzene rings is 1. The van der Waals surface area contributed by atoms with E-state index in [1.165, 1.54) is 0 Å². The Balaban J connectivity index is 2.17. The van der Waals surface area contributed by atoms with Crippen molar-refractivity contribution in [3.63, 3.8) is 0 Å². The third kappa shape index (κ3) is 4.85. The number of rotatable bonds is 5. The maximum Gasteiger partial charge on any atom is 0.255 e. The Hall–Kier alpha value is -0.503. The minimum Gasteiger partial charge on any atom is -0.496 e. The molecule has 1 aliphatic heterocycles. The molecule has 1 atom stereocenters. The third-order valence-electron chi connectivity index (χ3n) is 5.34. The number of thioether (sulfide) groups is 1. The van der Waals surface area contributed by atoms with E-state index in [0.717, 1.165) is 22.5 Å². The van der Waals surface area contributed by atoms with Crippen LogP contribution in [0.25, 0.3) is 0 Å². The molecule has 4 nitrogen and oxygen atoms in total. The quantitative estimate of drug-likeness (QED) is 0.578. The molecule has 7 heteroatoms. The third-order valence-corrected chi connectivity index (χ3v) is 11.8. The van der Waals surface area contributed by atoms with Crippen molar-refractivity contribution in [2.75, 3.05) is 31.8 Å². The smallest absolute Gasteiger partial charge is 0.255 e. The van der Waals surface area contributed by atoms with Crippen LogP contribution in [0.5, 0.6) is 5.75 Å². The van der Waals surface area contributed by atoms with Gasteiger partial charge in [-0.15, -0.1) is 0 Å². The minimum absolute atomic E-state index is 0.0416. The summed E-state index contributed by atoms with van der Waals surface area (Å²) in [5.41, 5.74) is 0.647. The summed E-state index contributed by atoms with van der Waals surface area (Å²) in [5.74, 6) is 2.60. The average Bonchev–Trinajstić information content (AvgIpc) is 2.59. The summed E-state index contributed by atoms with van der Waals surface area (Å²) in [5, 5.41) is 0.166. The van der Waals surface area contributed by atoms with E-state index in [1.54, 1.807) is 7.11 Å². The van der Waals surface area contributed by atoms with Crippen LogP contribution in [0.15, 0.2) is 22.7 Å². The van der Waals surface area contributed by atoms with Gasteiger partial charge in [0.05, 0.1) is 29.8 Å². The molecule has 2 rings (SSSR count). The second-order valence-electron chi connectivity index (χ2n) is 8.12. The van der Waals surface area contributed by atoms with Crippen LogP contribution in [-0.2, 0) is 4.43 Å². The fourth-order valence-corrected chi connectivity index (χ4v) is 5.25. The van der Waals surface area contributed by atoms with E-state index in [2.05, 4.69) is 49.8 Å². The van der Waals surface area contributed by atoms with Crippen molar-refractivity contribution in [2.45, 2.75) is 44.9 Å². The number of ether oxygens (including phenoxy) is 1. The highest BCUT2D eigenvalue weighted by Gasteiger charge is 2.39. The Morgan fingerprint density at radius 2 is 2.08 bits per heavy atom. The highest BCUT2D eigenvalue weighted by molar-refractivity contribution is 9.10. The largest absolute Gasteiger partial charge is 0.496 e. The minimum atomic E-state index is -1.83. The fourth-order valence-electron chi connectivity index (χ4n) is 2.57. The monoisotopic (exact) mass is 459 g/mol. The Morgan fingerprint density at radius 1 is 1.38 bits per heavy atom. The summed E-state index contributed by atoms with van der Waals surface area (Å²) in [4.78, 5) is 15.2. The molecule has 26 heavy (non-hydrogen) atoms. The van der Waals surface area contributed by atoms with E-state index >= 15 is 0 Å². The SMILES string of the molecule is COc1cccc(C(=O)N2CCSCC2CO[Si](C)(C)C(C)(C)C)c1Br. The summed E-state index contributed by atoms with van der Waals surface area (Å²) in [6, 6.07) is 5.66. The molecule has 1 heterocycles. The number of methoxy groups -OCH3 is 1. The number of carbonyl (C=O) groups excluding carboxylic acids is 1. The van der Waals surface area contributed by atoms with Crippen molar-refractivity contribution >= 4 is 41.9 Å². The zero-order valence-corrected chi connectivity index (χ0v) is 20.0. The molecule has 1 unspecified atom stereocenters. The van der Waals surface area contributed by atoms with Crippen LogP contribution in [0, 0.1) is 0 Å². The molecule has 146 valence electrons. The molecular formula is C19H30BrNO3SSi. The van der Waals surface area contributed by atoms with Gasteiger partial charge in [0.2, 0.25) is 0 Å². The lowest BCUT2D eigenvalue weighted by molar-refractivity contribution is 0.0638. The molecule has 1 aromatic carbocycles. The zero-order valence-electron chi connectivity index (χ0n) is 16.6. The molecule has 1 fully saturated rings. The topological polar surface area (TPSA) is 38.8 Å². The zero-order chi connectivity index (χ0) is 19.5. The summed E-state index contributed by atoms with van der Waals surface area (Å²) >= 11 is 5.42. The summed E-state index contributed by atoms with van der Waals surface area (Å²) in [6.07, 6.45) is 0. The molecule has 0 spiro atoms. The fraction of sp³-hybridized carbons (Fsp3) is 0.632. The van der Waals surface area contributed by atoms with Crippen molar-refractivity contribution in [3.05, 3.63) is 28.2 Å². The van der Waals surface area contributed by atoms with Gasteiger partial charge >= 0.3 is 0 Å². The van der Waals surface area contributed by atoms with Gasteiger partial charge in [-0.1, -0.05) is 26.8 Å². The van der Waals surface area contributed by atoms with Crippen LogP contribution in [0.2, 0.25) is 18.1 Å². The first-order valence-corrected chi connectivity index (χ1v) is 13.8. The van der Waals surface area contributed by atoms with E-state index in [4.69, 9.17) is 9.16 Å². The van der Waals surface area contributed by atoms with Crippen molar-refractivity contribution in [1.82, 2.24) is 4.90 Å². The molecule has 0 aliphatic carbocycles. The van der Waals surface area contributed by atoms with Crippen molar-refractivity contribution in [1.29, 1.82) is 0 Å². The van der Waals surface area contributed by atoms with Crippen LogP contribution >= 0.6 is 27.7 Å². The maximum atomic E-state index is 13.2. The normalized spacial score (nSPS) is 18.7. The second kappa shape index (κ2) is 8.67. The van der Waals surface area contributed by atoms with Crippen LogP contribution in [0.4, 0.5) is 0 Å². The number of carbonyl (C=O) groups is 1. The Kier molecular flexibility index (Phi) is 7.27. The average molecular weight is 461 g/mol. The number of halogens is 1. The molecule has 0 bridgehead atoms. The number of amides is 1. The van der Waals surface area contributed by atoms with Crippen LogP contribution in [0.1, 0.15) is 31.1 Å². The van der Waals surface area contributed by atoms with Crippen molar-refractivity contribution in [3.8, 4) is 5.75 Å². The van der Waals surface area contributed by atoms with E-state index < -0.39 is 8.32 Å². The first kappa shape index (κ1) is 21.8. The molecule has 0 aromatic heterocycles. The standard InChI is InChI=1S/C19H30BrNO3SSi/c1-19(2,3)26(5,6)24-12-14-13-25-11-10-21(14)18(22)15-8-7-9-16(23-4)17(15)20/h7-9,14H,10-13H2,1-6H3. The van der Waals surface area contributed by atoms with E-state index in [-0.39, 0.29) is 17.0 Å². The molecule has 1 aliphatic rings. The first-order chi connectivity index (χ1) is 12.1. The van der Waals surface area contributed by atoms with Gasteiger partial charge in [0.15, 0.2) is 8.32 Å². The summed E-state index contributed by atoms with van der Waals surface area (Å²) in [6.45, 7) is 12.6. The van der Waals surface area contributed by atoms with Gasteiger partial charge in [0.1, 0.15) is 5.75 Å². The van der Waals surface area contributed by atoms with Gasteiger partial charge in [-0.3, -0.25) is 4.79 Å². The van der Waals surface area contributed by atoms with Crippen LogP contribution < -0.4 is 4.74 Å². The number of hydrogen-bond donors (Lipinski definition) is 0. The second-order valence-corrected chi connectivity index (χ2v) is 14.9. The molecule has 1 amide bonds. The molecule has 1 aromatic rings. The number of hydrogen-bond acceptors (Lipinski definition) is 4. The lowest BCUT2D eigenvalue weighted by atomic mass is 10.1. The van der Waals surface area contributed by atoms with Gasteiger partial charge in [0, 0.05) is 18.1 Å². The molecular weight excluding hydrogens is 430 g/mol. The molecule has 0 N–H and O–H groups in total. The lowest BCUT2D eigenvalue weighted by Gasteiger charge is -2.41. The molecule has 0 saturated carbocycles. The summed E-state index contributed by atoms with van der Waals surface area (Å²) in [7, 11) is -0.222.